The number of para-hydroxylation sites is 1. The van der Waals surface area contributed by atoms with Crippen LogP contribution >= 0.6 is 0 Å². The van der Waals surface area contributed by atoms with E-state index in [4.69, 9.17) is 0 Å². The standard InChI is InChI=1S/C24H27N3O2/c1-17-6-8-18(9-7-17)15-26-24(29)19-10-12-27(13-11-19)23(28)14-20-16-25-22-5-3-2-4-21(20)22/h2-9,16,19,25H,10-15H2,1H3,(H,26,29). The average Bonchev–Trinajstić information content (AvgIpc) is 3.16. The maximum atomic E-state index is 12.7. The van der Waals surface area contributed by atoms with Crippen LogP contribution in [0.5, 0.6) is 0 Å². The Balaban J connectivity index is 1.26. The molecule has 5 nitrogen and oxygen atoms in total. The predicted molar refractivity (Wildman–Crippen MR) is 114 cm³/mol. The van der Waals surface area contributed by atoms with E-state index in [1.807, 2.05) is 47.5 Å². The van der Waals surface area contributed by atoms with Crippen molar-refractivity contribution in [2.24, 2.45) is 5.92 Å². The summed E-state index contributed by atoms with van der Waals surface area (Å²) in [4.78, 5) is 30.4. The summed E-state index contributed by atoms with van der Waals surface area (Å²) in [6.07, 6.45) is 3.76. The smallest absolute Gasteiger partial charge is 0.227 e. The minimum atomic E-state index is -0.0161. The van der Waals surface area contributed by atoms with Crippen LogP contribution in [0.4, 0.5) is 0 Å². The summed E-state index contributed by atoms with van der Waals surface area (Å²) in [5.74, 6) is 0.208. The van der Waals surface area contributed by atoms with Crippen molar-refractivity contribution in [3.05, 3.63) is 71.4 Å². The highest BCUT2D eigenvalue weighted by molar-refractivity contribution is 5.89. The molecule has 5 heteroatoms. The van der Waals surface area contributed by atoms with Crippen LogP contribution in [0.15, 0.2) is 54.7 Å². The van der Waals surface area contributed by atoms with E-state index in [1.54, 1.807) is 0 Å². The van der Waals surface area contributed by atoms with Crippen LogP contribution in [0.25, 0.3) is 10.9 Å². The van der Waals surface area contributed by atoms with Crippen LogP contribution in [0, 0.1) is 12.8 Å². The van der Waals surface area contributed by atoms with Crippen LogP contribution in [-0.2, 0) is 22.6 Å². The van der Waals surface area contributed by atoms with Crippen molar-refractivity contribution in [1.29, 1.82) is 0 Å². The van der Waals surface area contributed by atoms with Crippen molar-refractivity contribution in [3.8, 4) is 0 Å². The molecule has 2 aromatic carbocycles. The van der Waals surface area contributed by atoms with E-state index in [1.165, 1.54) is 5.56 Å². The molecule has 0 atom stereocenters. The van der Waals surface area contributed by atoms with Crippen LogP contribution in [0.2, 0.25) is 0 Å². The number of amides is 2. The number of carbonyl (C=O) groups is 2. The summed E-state index contributed by atoms with van der Waals surface area (Å²) in [5.41, 5.74) is 4.41. The Morgan fingerprint density at radius 1 is 1.07 bits per heavy atom. The molecule has 1 aliphatic heterocycles. The molecule has 0 bridgehead atoms. The fraction of sp³-hybridized carbons (Fsp3) is 0.333. The van der Waals surface area contributed by atoms with Gasteiger partial charge in [0.15, 0.2) is 0 Å². The average molecular weight is 389 g/mol. The third kappa shape index (κ3) is 4.50. The molecule has 0 radical (unpaired) electrons. The molecule has 1 saturated heterocycles. The maximum absolute atomic E-state index is 12.7. The molecule has 0 unspecified atom stereocenters. The molecule has 2 heterocycles. The molecule has 0 saturated carbocycles. The predicted octanol–water partition coefficient (Wildman–Crippen LogP) is 3.57. The van der Waals surface area contributed by atoms with Crippen molar-refractivity contribution < 1.29 is 9.59 Å². The van der Waals surface area contributed by atoms with Crippen molar-refractivity contribution in [3.63, 3.8) is 0 Å². The van der Waals surface area contributed by atoms with E-state index in [0.717, 1.165) is 34.9 Å². The van der Waals surface area contributed by atoms with Gasteiger partial charge in [-0.3, -0.25) is 9.59 Å². The fourth-order valence-corrected chi connectivity index (χ4v) is 3.98. The molecule has 1 aromatic heterocycles. The first-order valence-corrected chi connectivity index (χ1v) is 10.3. The lowest BCUT2D eigenvalue weighted by Crippen LogP contribution is -2.43. The number of nitrogens with zero attached hydrogens (tertiary/aromatic N) is 1. The van der Waals surface area contributed by atoms with Gasteiger partial charge in [-0.15, -0.1) is 0 Å². The second-order valence-electron chi connectivity index (χ2n) is 7.89. The second-order valence-corrected chi connectivity index (χ2v) is 7.89. The van der Waals surface area contributed by atoms with Gasteiger partial charge in [-0.05, 0) is 37.0 Å². The number of benzene rings is 2. The van der Waals surface area contributed by atoms with Crippen molar-refractivity contribution in [1.82, 2.24) is 15.2 Å². The van der Waals surface area contributed by atoms with Gasteiger partial charge < -0.3 is 15.2 Å². The third-order valence-corrected chi connectivity index (χ3v) is 5.82. The summed E-state index contributed by atoms with van der Waals surface area (Å²) >= 11 is 0. The Morgan fingerprint density at radius 2 is 1.79 bits per heavy atom. The van der Waals surface area contributed by atoms with E-state index < -0.39 is 0 Å². The number of nitrogens with one attached hydrogen (secondary N) is 2. The van der Waals surface area contributed by atoms with Crippen LogP contribution < -0.4 is 5.32 Å². The number of likely N-dealkylation sites (tertiary alicyclic amines) is 1. The van der Waals surface area contributed by atoms with E-state index in [2.05, 4.69) is 29.4 Å². The second kappa shape index (κ2) is 8.52. The minimum Gasteiger partial charge on any atom is -0.361 e. The molecular weight excluding hydrogens is 362 g/mol. The first-order chi connectivity index (χ1) is 14.1. The number of hydrogen-bond acceptors (Lipinski definition) is 2. The summed E-state index contributed by atoms with van der Waals surface area (Å²) < 4.78 is 0. The SMILES string of the molecule is Cc1ccc(CNC(=O)C2CCN(C(=O)Cc3c[nH]c4ccccc34)CC2)cc1. The molecule has 150 valence electrons. The zero-order valence-corrected chi connectivity index (χ0v) is 16.8. The molecule has 2 amide bonds. The van der Waals surface area contributed by atoms with Crippen LogP contribution in [0.1, 0.15) is 29.5 Å². The monoisotopic (exact) mass is 389 g/mol. The summed E-state index contributed by atoms with van der Waals surface area (Å²) in [5, 5.41) is 4.15. The number of aryl methyl sites for hydroxylation is 1. The first kappa shape index (κ1) is 19.2. The van der Waals surface area contributed by atoms with E-state index >= 15 is 0 Å². The molecule has 0 aliphatic carbocycles. The molecule has 1 fully saturated rings. The van der Waals surface area contributed by atoms with Crippen LogP contribution in [-0.4, -0.2) is 34.8 Å². The summed E-state index contributed by atoms with van der Waals surface area (Å²) in [6, 6.07) is 16.2. The lowest BCUT2D eigenvalue weighted by Gasteiger charge is -2.31. The van der Waals surface area contributed by atoms with Crippen LogP contribution in [0.3, 0.4) is 0 Å². The minimum absolute atomic E-state index is 0.0161. The van der Waals surface area contributed by atoms with Gasteiger partial charge in [-0.25, -0.2) is 0 Å². The summed E-state index contributed by atoms with van der Waals surface area (Å²) in [7, 11) is 0. The van der Waals surface area contributed by atoms with Gasteiger partial charge in [-0.1, -0.05) is 48.0 Å². The Kier molecular flexibility index (Phi) is 5.65. The highest BCUT2D eigenvalue weighted by atomic mass is 16.2. The van der Waals surface area contributed by atoms with Gasteiger partial charge in [0.1, 0.15) is 0 Å². The quantitative estimate of drug-likeness (QED) is 0.701. The maximum Gasteiger partial charge on any atom is 0.227 e. The fourth-order valence-electron chi connectivity index (χ4n) is 3.98. The zero-order chi connectivity index (χ0) is 20.2. The highest BCUT2D eigenvalue weighted by Crippen LogP contribution is 2.21. The van der Waals surface area contributed by atoms with Gasteiger partial charge in [0.05, 0.1) is 6.42 Å². The number of aromatic amines is 1. The molecule has 2 N–H and O–H groups in total. The largest absolute Gasteiger partial charge is 0.361 e. The van der Waals surface area contributed by atoms with Gasteiger partial charge in [0, 0.05) is 42.7 Å². The number of carbonyl (C=O) groups excluding carboxylic acids is 2. The highest BCUT2D eigenvalue weighted by Gasteiger charge is 2.27. The number of H-pyrrole nitrogens is 1. The van der Waals surface area contributed by atoms with Crippen molar-refractivity contribution >= 4 is 22.7 Å². The molecule has 29 heavy (non-hydrogen) atoms. The molecule has 4 rings (SSSR count). The molecule has 3 aromatic rings. The summed E-state index contributed by atoms with van der Waals surface area (Å²) in [6.45, 7) is 3.89. The number of rotatable bonds is 5. The van der Waals surface area contributed by atoms with Gasteiger partial charge in [0.25, 0.3) is 0 Å². The van der Waals surface area contributed by atoms with E-state index in [9.17, 15) is 9.59 Å². The Labute approximate surface area is 171 Å². The lowest BCUT2D eigenvalue weighted by atomic mass is 9.95. The topological polar surface area (TPSA) is 65.2 Å². The van der Waals surface area contributed by atoms with E-state index in [-0.39, 0.29) is 17.7 Å². The number of hydrogen-bond donors (Lipinski definition) is 2. The zero-order valence-electron chi connectivity index (χ0n) is 16.8. The lowest BCUT2D eigenvalue weighted by molar-refractivity contribution is -0.135. The van der Waals surface area contributed by atoms with Gasteiger partial charge in [0.2, 0.25) is 11.8 Å². The molecular formula is C24H27N3O2. The Bertz CT molecular complexity index is 998. The Morgan fingerprint density at radius 3 is 2.55 bits per heavy atom. The number of aromatic nitrogens is 1. The van der Waals surface area contributed by atoms with Gasteiger partial charge >= 0.3 is 0 Å². The first-order valence-electron chi connectivity index (χ1n) is 10.3. The third-order valence-electron chi connectivity index (χ3n) is 5.82. The Hall–Kier alpha value is -3.08. The number of piperidine rings is 1. The molecule has 0 spiro atoms. The van der Waals surface area contributed by atoms with E-state index in [0.29, 0.717) is 26.1 Å². The van der Waals surface area contributed by atoms with Crippen molar-refractivity contribution in [2.45, 2.75) is 32.7 Å². The molecule has 1 aliphatic rings. The number of fused-ring (bicyclic) bond motifs is 1. The van der Waals surface area contributed by atoms with Crippen molar-refractivity contribution in [2.75, 3.05) is 13.1 Å². The van der Waals surface area contributed by atoms with Gasteiger partial charge in [-0.2, -0.15) is 0 Å². The normalized spacial score (nSPS) is 14.9.